The van der Waals surface area contributed by atoms with Gasteiger partial charge in [0, 0.05) is 11.9 Å². The van der Waals surface area contributed by atoms with E-state index in [1.165, 1.54) is 0 Å². The van der Waals surface area contributed by atoms with Gasteiger partial charge in [0.1, 0.15) is 5.58 Å². The lowest BCUT2D eigenvalue weighted by Gasteiger charge is -2.06. The van der Waals surface area contributed by atoms with Gasteiger partial charge in [0.2, 0.25) is 0 Å². The number of carbonyl (C=O) groups is 2. The molecule has 20 heavy (non-hydrogen) atoms. The number of carbonyl (C=O) groups excluding carboxylic acids is 1. The van der Waals surface area contributed by atoms with Gasteiger partial charge in [-0.2, -0.15) is 0 Å². The van der Waals surface area contributed by atoms with Crippen molar-refractivity contribution in [3.8, 4) is 0 Å². The average molecular weight is 275 g/mol. The van der Waals surface area contributed by atoms with Crippen LogP contribution in [0.1, 0.15) is 29.5 Å². The summed E-state index contributed by atoms with van der Waals surface area (Å²) in [5.41, 5.74) is 1.76. The van der Waals surface area contributed by atoms with E-state index in [0.29, 0.717) is 18.5 Å². The average Bonchev–Trinajstić information content (AvgIpc) is 2.81. The van der Waals surface area contributed by atoms with Gasteiger partial charge >= 0.3 is 5.97 Å². The molecular formula is C15H17NO4. The number of hydrogen-bond acceptors (Lipinski definition) is 3. The molecule has 0 aliphatic heterocycles. The highest BCUT2D eigenvalue weighted by molar-refractivity contribution is 5.96. The smallest absolute Gasteiger partial charge is 0.306 e. The van der Waals surface area contributed by atoms with Gasteiger partial charge in [-0.1, -0.05) is 18.6 Å². The Bertz CT molecular complexity index is 644. The predicted octanol–water partition coefficient (Wildman–Crippen LogP) is 2.58. The second-order valence-corrected chi connectivity index (χ2v) is 4.94. The van der Waals surface area contributed by atoms with Crippen LogP contribution >= 0.6 is 0 Å². The minimum absolute atomic E-state index is 0.244. The molecular weight excluding hydrogens is 258 g/mol. The first-order valence-electron chi connectivity index (χ1n) is 6.48. The van der Waals surface area contributed by atoms with Crippen LogP contribution in [-0.4, -0.2) is 23.5 Å². The molecule has 0 saturated carbocycles. The Morgan fingerprint density at radius 1 is 1.35 bits per heavy atom. The standard InChI is InChI=1S/C15H17NO4/c1-9-3-4-12-11(7-9)8-13(20-12)14(17)16-6-5-10(2)15(18)19/h3-4,7-8,10H,5-6H2,1-2H3,(H,16,17)(H,18,19). The van der Waals surface area contributed by atoms with Gasteiger partial charge in [-0.05, 0) is 31.5 Å². The quantitative estimate of drug-likeness (QED) is 0.879. The van der Waals surface area contributed by atoms with Gasteiger partial charge in [-0.3, -0.25) is 9.59 Å². The maximum Gasteiger partial charge on any atom is 0.306 e. The summed E-state index contributed by atoms with van der Waals surface area (Å²) in [6.45, 7) is 3.89. The van der Waals surface area contributed by atoms with Crippen molar-refractivity contribution in [2.45, 2.75) is 20.3 Å². The van der Waals surface area contributed by atoms with E-state index in [1.54, 1.807) is 13.0 Å². The molecule has 1 aromatic heterocycles. The van der Waals surface area contributed by atoms with Crippen molar-refractivity contribution in [3.05, 3.63) is 35.6 Å². The normalized spacial score (nSPS) is 12.3. The summed E-state index contributed by atoms with van der Waals surface area (Å²) in [7, 11) is 0. The first-order chi connectivity index (χ1) is 9.47. The molecule has 5 nitrogen and oxygen atoms in total. The molecule has 0 bridgehead atoms. The van der Waals surface area contributed by atoms with Crippen molar-refractivity contribution in [1.82, 2.24) is 5.32 Å². The highest BCUT2D eigenvalue weighted by Gasteiger charge is 2.14. The highest BCUT2D eigenvalue weighted by atomic mass is 16.4. The van der Waals surface area contributed by atoms with E-state index >= 15 is 0 Å². The zero-order chi connectivity index (χ0) is 14.7. The Hall–Kier alpha value is -2.30. The summed E-state index contributed by atoms with van der Waals surface area (Å²) in [4.78, 5) is 22.6. The van der Waals surface area contributed by atoms with E-state index in [-0.39, 0.29) is 11.7 Å². The summed E-state index contributed by atoms with van der Waals surface area (Å²) < 4.78 is 5.46. The Morgan fingerprint density at radius 2 is 2.10 bits per heavy atom. The zero-order valence-corrected chi connectivity index (χ0v) is 11.5. The first-order valence-corrected chi connectivity index (χ1v) is 6.48. The van der Waals surface area contributed by atoms with Crippen LogP contribution in [0.5, 0.6) is 0 Å². The van der Waals surface area contributed by atoms with Crippen LogP contribution in [0, 0.1) is 12.8 Å². The van der Waals surface area contributed by atoms with Gasteiger partial charge in [0.05, 0.1) is 5.92 Å². The van der Waals surface area contributed by atoms with Crippen molar-refractivity contribution < 1.29 is 19.1 Å². The lowest BCUT2D eigenvalue weighted by molar-refractivity contribution is -0.141. The fraction of sp³-hybridized carbons (Fsp3) is 0.333. The topological polar surface area (TPSA) is 79.5 Å². The van der Waals surface area contributed by atoms with Gasteiger partial charge in [-0.15, -0.1) is 0 Å². The Morgan fingerprint density at radius 3 is 2.80 bits per heavy atom. The van der Waals surface area contributed by atoms with Gasteiger partial charge in [-0.25, -0.2) is 0 Å². The summed E-state index contributed by atoms with van der Waals surface area (Å²) in [5.74, 6) is -1.42. The number of rotatable bonds is 5. The van der Waals surface area contributed by atoms with Crippen molar-refractivity contribution in [2.24, 2.45) is 5.92 Å². The monoisotopic (exact) mass is 275 g/mol. The maximum atomic E-state index is 11.9. The van der Waals surface area contributed by atoms with E-state index in [4.69, 9.17) is 9.52 Å². The molecule has 0 radical (unpaired) electrons. The first kappa shape index (κ1) is 14.1. The van der Waals surface area contributed by atoms with Gasteiger partial charge in [0.15, 0.2) is 5.76 Å². The van der Waals surface area contributed by atoms with Crippen LogP contribution in [0.25, 0.3) is 11.0 Å². The number of aliphatic carboxylic acids is 1. The summed E-state index contributed by atoms with van der Waals surface area (Å²) in [5, 5.41) is 12.3. The molecule has 1 amide bonds. The lowest BCUT2D eigenvalue weighted by Crippen LogP contribution is -2.26. The molecule has 0 aliphatic rings. The molecule has 1 unspecified atom stereocenters. The van der Waals surface area contributed by atoms with E-state index in [0.717, 1.165) is 10.9 Å². The minimum Gasteiger partial charge on any atom is -0.481 e. The summed E-state index contributed by atoms with van der Waals surface area (Å²) in [6.07, 6.45) is 0.389. The number of amides is 1. The third-order valence-corrected chi connectivity index (χ3v) is 3.18. The molecule has 2 N–H and O–H groups in total. The third-order valence-electron chi connectivity index (χ3n) is 3.18. The summed E-state index contributed by atoms with van der Waals surface area (Å²) >= 11 is 0. The molecule has 2 rings (SSSR count). The van der Waals surface area contributed by atoms with E-state index in [1.807, 2.05) is 25.1 Å². The maximum absolute atomic E-state index is 11.9. The largest absolute Gasteiger partial charge is 0.481 e. The van der Waals surface area contributed by atoms with Crippen LogP contribution in [0.2, 0.25) is 0 Å². The molecule has 0 spiro atoms. The Labute approximate surface area is 116 Å². The van der Waals surface area contributed by atoms with Crippen molar-refractivity contribution >= 4 is 22.8 Å². The highest BCUT2D eigenvalue weighted by Crippen LogP contribution is 2.20. The number of aryl methyl sites for hydroxylation is 1. The molecule has 2 aromatic rings. The second-order valence-electron chi connectivity index (χ2n) is 4.94. The van der Waals surface area contributed by atoms with Gasteiger partial charge < -0.3 is 14.8 Å². The SMILES string of the molecule is Cc1ccc2oc(C(=O)NCCC(C)C(=O)O)cc2c1. The fourth-order valence-corrected chi connectivity index (χ4v) is 1.89. The molecule has 1 aromatic carbocycles. The molecule has 0 saturated heterocycles. The number of hydrogen-bond donors (Lipinski definition) is 2. The zero-order valence-electron chi connectivity index (χ0n) is 11.5. The van der Waals surface area contributed by atoms with E-state index in [9.17, 15) is 9.59 Å². The minimum atomic E-state index is -0.863. The second kappa shape index (κ2) is 5.77. The van der Waals surface area contributed by atoms with Crippen LogP contribution in [-0.2, 0) is 4.79 Å². The number of carboxylic acids is 1. The van der Waals surface area contributed by atoms with Gasteiger partial charge in [0.25, 0.3) is 5.91 Å². The number of furan rings is 1. The molecule has 1 atom stereocenters. The molecule has 106 valence electrons. The molecule has 0 fully saturated rings. The molecule has 0 aliphatic carbocycles. The van der Waals surface area contributed by atoms with Crippen molar-refractivity contribution in [2.75, 3.05) is 6.54 Å². The summed E-state index contributed by atoms with van der Waals surface area (Å²) in [6, 6.07) is 7.39. The Kier molecular flexibility index (Phi) is 4.08. The molecule has 5 heteroatoms. The fourth-order valence-electron chi connectivity index (χ4n) is 1.89. The van der Waals surface area contributed by atoms with Crippen LogP contribution < -0.4 is 5.32 Å². The predicted molar refractivity (Wildman–Crippen MR) is 74.7 cm³/mol. The Balaban J connectivity index is 1.99. The number of benzene rings is 1. The van der Waals surface area contributed by atoms with E-state index < -0.39 is 11.9 Å². The lowest BCUT2D eigenvalue weighted by atomic mass is 10.1. The number of nitrogens with one attached hydrogen (secondary N) is 1. The van der Waals surface area contributed by atoms with Crippen LogP contribution in [0.15, 0.2) is 28.7 Å². The van der Waals surface area contributed by atoms with Crippen LogP contribution in [0.3, 0.4) is 0 Å². The number of carboxylic acid groups (broad SMARTS) is 1. The molecule has 1 heterocycles. The number of fused-ring (bicyclic) bond motifs is 1. The third kappa shape index (κ3) is 3.17. The van der Waals surface area contributed by atoms with E-state index in [2.05, 4.69) is 5.32 Å². The van der Waals surface area contributed by atoms with Crippen LogP contribution in [0.4, 0.5) is 0 Å². The van der Waals surface area contributed by atoms with Crippen molar-refractivity contribution in [1.29, 1.82) is 0 Å². The van der Waals surface area contributed by atoms with Crippen molar-refractivity contribution in [3.63, 3.8) is 0 Å².